The largest absolute Gasteiger partial charge is 0.497 e. The van der Waals surface area contributed by atoms with Crippen LogP contribution in [0.4, 0.5) is 28.4 Å². The molecule has 46 heavy (non-hydrogen) atoms. The second-order valence-electron chi connectivity index (χ2n) is 10.5. The maximum atomic E-state index is 8.03. The van der Waals surface area contributed by atoms with E-state index in [2.05, 4.69) is 82.8 Å². The number of anilines is 5. The van der Waals surface area contributed by atoms with Crippen LogP contribution in [0.25, 0.3) is 17.2 Å². The van der Waals surface area contributed by atoms with Gasteiger partial charge in [0.05, 0.1) is 14.2 Å². The van der Waals surface area contributed by atoms with Crippen LogP contribution in [0.1, 0.15) is 5.56 Å². The average Bonchev–Trinajstić information content (AvgIpc) is 3.13. The van der Waals surface area contributed by atoms with Gasteiger partial charge in [-0.1, -0.05) is 72.8 Å². The van der Waals surface area contributed by atoms with Gasteiger partial charge in [-0.25, -0.2) is 5.53 Å². The number of ether oxygens (including phenoxy) is 2. The summed E-state index contributed by atoms with van der Waals surface area (Å²) >= 11 is 0. The van der Waals surface area contributed by atoms with Crippen LogP contribution in [0.3, 0.4) is 0 Å². The third kappa shape index (κ3) is 6.66. The van der Waals surface area contributed by atoms with E-state index in [0.717, 1.165) is 56.6 Å². The van der Waals surface area contributed by atoms with Crippen LogP contribution in [0.5, 0.6) is 11.5 Å². The Labute approximate surface area is 269 Å². The summed E-state index contributed by atoms with van der Waals surface area (Å²) in [5.74, 6) is 2.14. The molecule has 0 saturated heterocycles. The van der Waals surface area contributed by atoms with Crippen LogP contribution in [-0.2, 0) is 0 Å². The Bertz CT molecular complexity index is 1800. The monoisotopic (exact) mass is 602 g/mol. The van der Waals surface area contributed by atoms with Crippen molar-refractivity contribution in [2.24, 2.45) is 5.11 Å². The van der Waals surface area contributed by atoms with Crippen molar-refractivity contribution in [2.45, 2.75) is 0 Å². The first-order valence-corrected chi connectivity index (χ1v) is 14.9. The molecule has 6 nitrogen and oxygen atoms in total. The summed E-state index contributed by atoms with van der Waals surface area (Å²) in [6.45, 7) is 0. The lowest BCUT2D eigenvalue weighted by Gasteiger charge is -2.26. The Morgan fingerprint density at radius 2 is 0.891 bits per heavy atom. The molecule has 6 heteroatoms. The summed E-state index contributed by atoms with van der Waals surface area (Å²) in [7, 11) is 3.34. The van der Waals surface area contributed by atoms with E-state index in [1.165, 1.54) is 0 Å². The zero-order chi connectivity index (χ0) is 31.7. The van der Waals surface area contributed by atoms with Crippen LogP contribution in [0, 0.1) is 5.53 Å². The first kappa shape index (κ1) is 29.9. The van der Waals surface area contributed by atoms with Gasteiger partial charge in [0.15, 0.2) is 5.82 Å². The number of methoxy groups -OCH3 is 2. The van der Waals surface area contributed by atoms with Crippen molar-refractivity contribution in [1.29, 1.82) is 5.53 Å². The molecule has 0 amide bonds. The zero-order valence-corrected chi connectivity index (χ0v) is 25.7. The van der Waals surface area contributed by atoms with Gasteiger partial charge in [-0.15, -0.1) is 5.11 Å². The maximum absolute atomic E-state index is 8.03. The number of nitrogens with zero attached hydrogens (tertiary/aromatic N) is 3. The van der Waals surface area contributed by atoms with Crippen LogP contribution < -0.4 is 19.3 Å². The molecule has 0 aliphatic heterocycles. The Morgan fingerprint density at radius 1 is 0.500 bits per heavy atom. The molecular weight excluding hydrogens is 568 g/mol. The fourth-order valence-corrected chi connectivity index (χ4v) is 5.35. The third-order valence-corrected chi connectivity index (χ3v) is 7.70. The van der Waals surface area contributed by atoms with Crippen LogP contribution in [0.15, 0.2) is 169 Å². The molecule has 1 N–H and O–H groups in total. The lowest BCUT2D eigenvalue weighted by Crippen LogP contribution is -2.14. The summed E-state index contributed by atoms with van der Waals surface area (Å²) in [4.78, 5) is 4.19. The fraction of sp³-hybridized carbons (Fsp3) is 0.0500. The first-order chi connectivity index (χ1) is 22.7. The highest BCUT2D eigenvalue weighted by atomic mass is 16.5. The normalized spacial score (nSPS) is 11.0. The number of rotatable bonds is 11. The lowest BCUT2D eigenvalue weighted by molar-refractivity contribution is 0.415. The molecule has 226 valence electrons. The average molecular weight is 603 g/mol. The predicted octanol–water partition coefficient (Wildman–Crippen LogP) is 11.0. The molecule has 6 aromatic rings. The van der Waals surface area contributed by atoms with Crippen molar-refractivity contribution in [3.05, 3.63) is 169 Å². The fourth-order valence-electron chi connectivity index (χ4n) is 5.35. The smallest absolute Gasteiger partial charge is 0.160 e. The highest BCUT2D eigenvalue weighted by Crippen LogP contribution is 2.37. The minimum atomic E-state index is 0.520. The molecule has 0 spiro atoms. The maximum Gasteiger partial charge on any atom is 0.160 e. The Kier molecular flexibility index (Phi) is 9.17. The summed E-state index contributed by atoms with van der Waals surface area (Å²) in [5, 5.41) is 3.93. The molecule has 6 aromatic carbocycles. The van der Waals surface area contributed by atoms with Gasteiger partial charge in [-0.2, -0.15) is 0 Å². The molecule has 0 bridgehead atoms. The van der Waals surface area contributed by atoms with Gasteiger partial charge in [0.2, 0.25) is 0 Å². The summed E-state index contributed by atoms with van der Waals surface area (Å²) in [6, 6.07) is 52.9. The first-order valence-electron chi connectivity index (χ1n) is 14.9. The number of hydrogen-bond donors (Lipinski definition) is 1. The summed E-state index contributed by atoms with van der Waals surface area (Å²) in [6.07, 6.45) is 1.93. The standard InChI is InChI=1S/C40H34N4O2/c1-45-38-25-21-36(22-26-38)43(37-23-27-39(46-2)28-24-37)35-19-17-32(18-20-35)31-15-13-30(14-16-31)29-40(42-41)44(33-9-5-3-6-10-33)34-11-7-4-8-12-34/h3-29,41H,1-2H3. The van der Waals surface area contributed by atoms with Crippen LogP contribution in [0.2, 0.25) is 0 Å². The van der Waals surface area contributed by atoms with Gasteiger partial charge < -0.3 is 14.4 Å². The zero-order valence-electron chi connectivity index (χ0n) is 25.7. The molecule has 0 fully saturated rings. The summed E-state index contributed by atoms with van der Waals surface area (Å²) < 4.78 is 10.8. The van der Waals surface area contributed by atoms with Crippen molar-refractivity contribution in [3.8, 4) is 22.6 Å². The summed E-state index contributed by atoms with van der Waals surface area (Å²) in [5.41, 5.74) is 16.1. The van der Waals surface area contributed by atoms with E-state index in [1.54, 1.807) is 14.2 Å². The number of para-hydroxylation sites is 2. The Morgan fingerprint density at radius 3 is 1.28 bits per heavy atom. The predicted molar refractivity (Wildman–Crippen MR) is 188 cm³/mol. The quantitative estimate of drug-likeness (QED) is 0.150. The van der Waals surface area contributed by atoms with Gasteiger partial charge in [0, 0.05) is 28.4 Å². The Balaban J connectivity index is 1.28. The van der Waals surface area contributed by atoms with Gasteiger partial charge >= 0.3 is 0 Å². The molecule has 0 radical (unpaired) electrons. The van der Waals surface area contributed by atoms with E-state index in [1.807, 2.05) is 95.9 Å². The van der Waals surface area contributed by atoms with E-state index in [9.17, 15) is 0 Å². The minimum Gasteiger partial charge on any atom is -0.497 e. The molecular formula is C40H34N4O2. The van der Waals surface area contributed by atoms with Crippen molar-refractivity contribution in [3.63, 3.8) is 0 Å². The van der Waals surface area contributed by atoms with Gasteiger partial charge in [-0.3, -0.25) is 4.90 Å². The SMILES string of the molecule is COc1ccc(N(c2ccc(OC)cc2)c2ccc(-c3ccc(C=C(N=N)N(c4ccccc4)c4ccccc4)cc3)cc2)cc1. The Hall–Kier alpha value is -6.14. The van der Waals surface area contributed by atoms with Crippen molar-refractivity contribution < 1.29 is 9.47 Å². The number of hydrogen-bond acceptors (Lipinski definition) is 6. The second-order valence-corrected chi connectivity index (χ2v) is 10.5. The molecule has 0 unspecified atom stereocenters. The van der Waals surface area contributed by atoms with E-state index >= 15 is 0 Å². The number of nitrogens with one attached hydrogen (secondary N) is 1. The van der Waals surface area contributed by atoms with Crippen LogP contribution in [-0.4, -0.2) is 14.2 Å². The molecule has 0 saturated carbocycles. The molecule has 0 heterocycles. The minimum absolute atomic E-state index is 0.520. The highest BCUT2D eigenvalue weighted by molar-refractivity contribution is 5.79. The third-order valence-electron chi connectivity index (χ3n) is 7.70. The van der Waals surface area contributed by atoms with Crippen molar-refractivity contribution in [1.82, 2.24) is 0 Å². The second kappa shape index (κ2) is 14.1. The lowest BCUT2D eigenvalue weighted by atomic mass is 10.0. The molecule has 0 atom stereocenters. The van der Waals surface area contributed by atoms with Gasteiger partial charge in [0.25, 0.3) is 0 Å². The topological polar surface area (TPSA) is 61.2 Å². The molecule has 0 aliphatic rings. The highest BCUT2D eigenvalue weighted by Gasteiger charge is 2.15. The van der Waals surface area contributed by atoms with Crippen LogP contribution >= 0.6 is 0 Å². The number of benzene rings is 6. The van der Waals surface area contributed by atoms with Gasteiger partial charge in [-0.05, 0) is 108 Å². The van der Waals surface area contributed by atoms with Gasteiger partial charge in [0.1, 0.15) is 11.5 Å². The van der Waals surface area contributed by atoms with Crippen molar-refractivity contribution in [2.75, 3.05) is 24.0 Å². The van der Waals surface area contributed by atoms with E-state index < -0.39 is 0 Å². The van der Waals surface area contributed by atoms with E-state index in [4.69, 9.17) is 15.0 Å². The van der Waals surface area contributed by atoms with Crippen molar-refractivity contribution >= 4 is 34.5 Å². The molecule has 0 aliphatic carbocycles. The van der Waals surface area contributed by atoms with E-state index in [-0.39, 0.29) is 0 Å². The molecule has 6 rings (SSSR count). The molecule has 0 aromatic heterocycles. The van der Waals surface area contributed by atoms with E-state index in [0.29, 0.717) is 5.82 Å².